The Kier molecular flexibility index (Phi) is 6.70. The van der Waals surface area contributed by atoms with Gasteiger partial charge in [0.2, 0.25) is 5.91 Å². The van der Waals surface area contributed by atoms with Gasteiger partial charge < -0.3 is 10.0 Å². The van der Waals surface area contributed by atoms with Crippen molar-refractivity contribution in [2.45, 2.75) is 19.8 Å². The van der Waals surface area contributed by atoms with Crippen molar-refractivity contribution in [3.8, 4) is 0 Å². The van der Waals surface area contributed by atoms with Gasteiger partial charge in [0.25, 0.3) is 0 Å². The fourth-order valence-corrected chi connectivity index (χ4v) is 1.25. The number of carboxylic acid groups (broad SMARTS) is 1. The Morgan fingerprint density at radius 1 is 1.20 bits per heavy atom. The van der Waals surface area contributed by atoms with Gasteiger partial charge in [0.05, 0.1) is 6.54 Å². The summed E-state index contributed by atoms with van der Waals surface area (Å²) in [5, 5.41) is 8.65. The van der Waals surface area contributed by atoms with E-state index >= 15 is 0 Å². The van der Waals surface area contributed by atoms with Crippen LogP contribution in [0.2, 0.25) is 0 Å². The number of carbonyl (C=O) groups is 2. The predicted octanol–water partition coefficient (Wildman–Crippen LogP) is 0.261. The zero-order valence-corrected chi connectivity index (χ0v) is 9.69. The molecule has 15 heavy (non-hydrogen) atoms. The Hall–Kier alpha value is -1.10. The van der Waals surface area contributed by atoms with E-state index in [1.807, 2.05) is 6.92 Å². The standard InChI is InChI=1S/C10H20N2O3/c1-4-6-12(8-10(14)15)7-5-9(13)11(2)3/h4-8H2,1-3H3,(H,14,15). The van der Waals surface area contributed by atoms with Crippen LogP contribution in [0.4, 0.5) is 0 Å². The van der Waals surface area contributed by atoms with Crippen LogP contribution in [0.5, 0.6) is 0 Å². The molecule has 0 aliphatic carbocycles. The van der Waals surface area contributed by atoms with Crippen LogP contribution in [-0.2, 0) is 9.59 Å². The molecule has 1 amide bonds. The quantitative estimate of drug-likeness (QED) is 0.663. The largest absolute Gasteiger partial charge is 0.480 e. The molecule has 0 unspecified atom stereocenters. The number of nitrogens with zero attached hydrogens (tertiary/aromatic N) is 2. The number of amides is 1. The Balaban J connectivity index is 3.95. The van der Waals surface area contributed by atoms with Crippen LogP contribution in [0.3, 0.4) is 0 Å². The van der Waals surface area contributed by atoms with E-state index in [2.05, 4.69) is 0 Å². The molecular formula is C10H20N2O3. The van der Waals surface area contributed by atoms with Gasteiger partial charge in [-0.3, -0.25) is 14.5 Å². The van der Waals surface area contributed by atoms with Gasteiger partial charge in [-0.2, -0.15) is 0 Å². The molecule has 0 rings (SSSR count). The van der Waals surface area contributed by atoms with E-state index in [1.54, 1.807) is 19.0 Å². The summed E-state index contributed by atoms with van der Waals surface area (Å²) in [6.07, 6.45) is 1.27. The van der Waals surface area contributed by atoms with Crippen molar-refractivity contribution in [2.75, 3.05) is 33.7 Å². The van der Waals surface area contributed by atoms with E-state index in [4.69, 9.17) is 5.11 Å². The van der Waals surface area contributed by atoms with E-state index in [1.165, 1.54) is 4.90 Å². The lowest BCUT2D eigenvalue weighted by atomic mass is 10.3. The highest BCUT2D eigenvalue weighted by molar-refractivity contribution is 5.75. The molecule has 0 aliphatic rings. The maximum Gasteiger partial charge on any atom is 0.317 e. The minimum Gasteiger partial charge on any atom is -0.480 e. The highest BCUT2D eigenvalue weighted by Crippen LogP contribution is 1.96. The summed E-state index contributed by atoms with van der Waals surface area (Å²) >= 11 is 0. The summed E-state index contributed by atoms with van der Waals surface area (Å²) < 4.78 is 0. The third-order valence-corrected chi connectivity index (χ3v) is 2.04. The molecule has 88 valence electrons. The first-order valence-corrected chi connectivity index (χ1v) is 5.11. The van der Waals surface area contributed by atoms with E-state index < -0.39 is 5.97 Å². The summed E-state index contributed by atoms with van der Waals surface area (Å²) in [5.41, 5.74) is 0. The Morgan fingerprint density at radius 2 is 1.80 bits per heavy atom. The van der Waals surface area contributed by atoms with Gasteiger partial charge in [-0.15, -0.1) is 0 Å². The molecule has 0 aromatic heterocycles. The molecule has 0 saturated carbocycles. The molecule has 0 spiro atoms. The molecule has 0 fully saturated rings. The van der Waals surface area contributed by atoms with Crippen LogP contribution in [0, 0.1) is 0 Å². The molecule has 0 radical (unpaired) electrons. The predicted molar refractivity (Wildman–Crippen MR) is 57.7 cm³/mol. The first kappa shape index (κ1) is 13.9. The molecule has 0 aliphatic heterocycles. The lowest BCUT2D eigenvalue weighted by molar-refractivity contribution is -0.139. The van der Waals surface area contributed by atoms with Crippen LogP contribution in [-0.4, -0.2) is 60.5 Å². The van der Waals surface area contributed by atoms with Crippen molar-refractivity contribution in [3.05, 3.63) is 0 Å². The van der Waals surface area contributed by atoms with Crippen molar-refractivity contribution >= 4 is 11.9 Å². The summed E-state index contributed by atoms with van der Waals surface area (Å²) in [6.45, 7) is 3.22. The van der Waals surface area contributed by atoms with E-state index in [0.717, 1.165) is 6.42 Å². The first-order valence-electron chi connectivity index (χ1n) is 5.11. The number of hydrogen-bond acceptors (Lipinski definition) is 3. The number of carbonyl (C=O) groups excluding carboxylic acids is 1. The fraction of sp³-hybridized carbons (Fsp3) is 0.800. The van der Waals surface area contributed by atoms with Crippen LogP contribution in [0.1, 0.15) is 19.8 Å². The summed E-state index contributed by atoms with van der Waals surface area (Å²) in [5.74, 6) is -0.817. The maximum atomic E-state index is 11.3. The second-order valence-electron chi connectivity index (χ2n) is 3.71. The summed E-state index contributed by atoms with van der Waals surface area (Å²) in [6, 6.07) is 0. The first-order chi connectivity index (χ1) is 6.97. The van der Waals surface area contributed by atoms with Crippen molar-refractivity contribution in [3.63, 3.8) is 0 Å². The minimum absolute atomic E-state index is 0.00848. The van der Waals surface area contributed by atoms with Crippen molar-refractivity contribution < 1.29 is 14.7 Å². The van der Waals surface area contributed by atoms with Gasteiger partial charge in [0.1, 0.15) is 0 Å². The third-order valence-electron chi connectivity index (χ3n) is 2.04. The van der Waals surface area contributed by atoms with Crippen LogP contribution in [0.25, 0.3) is 0 Å². The van der Waals surface area contributed by atoms with Gasteiger partial charge in [-0.25, -0.2) is 0 Å². The SMILES string of the molecule is CCCN(CCC(=O)N(C)C)CC(=O)O. The van der Waals surface area contributed by atoms with Gasteiger partial charge in [0.15, 0.2) is 0 Å². The van der Waals surface area contributed by atoms with E-state index in [9.17, 15) is 9.59 Å². The molecule has 0 heterocycles. The number of aliphatic carboxylic acids is 1. The zero-order chi connectivity index (χ0) is 11.8. The van der Waals surface area contributed by atoms with Crippen LogP contribution in [0.15, 0.2) is 0 Å². The normalized spacial score (nSPS) is 10.4. The number of carboxylic acids is 1. The average Bonchev–Trinajstić information content (AvgIpc) is 2.13. The lowest BCUT2D eigenvalue weighted by Gasteiger charge is -2.20. The Morgan fingerprint density at radius 3 is 2.20 bits per heavy atom. The lowest BCUT2D eigenvalue weighted by Crippen LogP contribution is -2.34. The van der Waals surface area contributed by atoms with Gasteiger partial charge >= 0.3 is 5.97 Å². The Labute approximate surface area is 90.7 Å². The maximum absolute atomic E-state index is 11.3. The molecule has 5 heteroatoms. The van der Waals surface area contributed by atoms with Gasteiger partial charge in [-0.1, -0.05) is 6.92 Å². The average molecular weight is 216 g/mol. The molecule has 0 bridgehead atoms. The number of rotatable bonds is 7. The van der Waals surface area contributed by atoms with Crippen LogP contribution < -0.4 is 0 Å². The molecule has 0 atom stereocenters. The zero-order valence-electron chi connectivity index (χ0n) is 9.69. The smallest absolute Gasteiger partial charge is 0.317 e. The second kappa shape index (κ2) is 7.23. The summed E-state index contributed by atoms with van der Waals surface area (Å²) in [4.78, 5) is 25.1. The Bertz CT molecular complexity index is 217. The fourth-order valence-electron chi connectivity index (χ4n) is 1.25. The van der Waals surface area contributed by atoms with Gasteiger partial charge in [0, 0.05) is 27.1 Å². The van der Waals surface area contributed by atoms with Gasteiger partial charge in [-0.05, 0) is 13.0 Å². The van der Waals surface area contributed by atoms with E-state index in [0.29, 0.717) is 19.5 Å². The minimum atomic E-state index is -0.847. The molecule has 1 N–H and O–H groups in total. The molecule has 0 aromatic carbocycles. The third kappa shape index (κ3) is 6.90. The topological polar surface area (TPSA) is 60.9 Å². The molecule has 5 nitrogen and oxygen atoms in total. The highest BCUT2D eigenvalue weighted by atomic mass is 16.4. The highest BCUT2D eigenvalue weighted by Gasteiger charge is 2.11. The molecule has 0 saturated heterocycles. The number of hydrogen-bond donors (Lipinski definition) is 1. The van der Waals surface area contributed by atoms with E-state index in [-0.39, 0.29) is 12.5 Å². The second-order valence-corrected chi connectivity index (χ2v) is 3.71. The van der Waals surface area contributed by atoms with Crippen molar-refractivity contribution in [2.24, 2.45) is 0 Å². The van der Waals surface area contributed by atoms with Crippen LogP contribution >= 0.6 is 0 Å². The monoisotopic (exact) mass is 216 g/mol. The molecular weight excluding hydrogens is 196 g/mol. The van der Waals surface area contributed by atoms with Crippen molar-refractivity contribution in [1.82, 2.24) is 9.80 Å². The molecule has 0 aromatic rings. The summed E-state index contributed by atoms with van der Waals surface area (Å²) in [7, 11) is 3.40. The van der Waals surface area contributed by atoms with Crippen molar-refractivity contribution in [1.29, 1.82) is 0 Å².